The molecule has 1 aromatic rings. The van der Waals surface area contributed by atoms with Crippen molar-refractivity contribution in [2.24, 2.45) is 0 Å². The van der Waals surface area contributed by atoms with Gasteiger partial charge in [0.15, 0.2) is 0 Å². The molecule has 3 heteroatoms. The average Bonchev–Trinajstić information content (AvgIpc) is 2.14. The van der Waals surface area contributed by atoms with Crippen LogP contribution in [0.2, 0.25) is 0 Å². The van der Waals surface area contributed by atoms with Gasteiger partial charge in [0, 0.05) is 11.8 Å². The normalized spacial score (nSPS) is 10.1. The second kappa shape index (κ2) is 5.12. The minimum atomic E-state index is 0.703. The zero-order valence-corrected chi connectivity index (χ0v) is 8.97. The van der Waals surface area contributed by atoms with Gasteiger partial charge in [-0.25, -0.2) is 4.98 Å². The first-order valence-corrected chi connectivity index (χ1v) is 5.02. The van der Waals surface area contributed by atoms with Crippen molar-refractivity contribution < 1.29 is 4.74 Å². The third kappa shape index (κ3) is 3.27. The lowest BCUT2D eigenvalue weighted by molar-refractivity contribution is 0.396. The van der Waals surface area contributed by atoms with Crippen LogP contribution in [-0.4, -0.2) is 17.8 Å². The van der Waals surface area contributed by atoms with Crippen molar-refractivity contribution in [3.05, 3.63) is 23.4 Å². The summed E-state index contributed by atoms with van der Waals surface area (Å²) in [5.74, 6) is 1.62. The van der Waals surface area contributed by atoms with Gasteiger partial charge in [0.25, 0.3) is 0 Å². The summed E-state index contributed by atoms with van der Waals surface area (Å²) in [5.41, 5.74) is 2.28. The SMILES string of the molecule is COc1cc(CCCS)cc(C)n1. The van der Waals surface area contributed by atoms with E-state index in [-0.39, 0.29) is 0 Å². The maximum Gasteiger partial charge on any atom is 0.213 e. The van der Waals surface area contributed by atoms with Crippen molar-refractivity contribution >= 4 is 12.6 Å². The molecule has 0 atom stereocenters. The fourth-order valence-electron chi connectivity index (χ4n) is 1.24. The van der Waals surface area contributed by atoms with Crippen LogP contribution in [0.25, 0.3) is 0 Å². The molecule has 1 aromatic heterocycles. The molecule has 0 unspecified atom stereocenters. The van der Waals surface area contributed by atoms with E-state index in [1.165, 1.54) is 5.56 Å². The largest absolute Gasteiger partial charge is 0.481 e. The number of pyridine rings is 1. The topological polar surface area (TPSA) is 22.1 Å². The van der Waals surface area contributed by atoms with E-state index >= 15 is 0 Å². The summed E-state index contributed by atoms with van der Waals surface area (Å²) in [6.45, 7) is 1.98. The Kier molecular flexibility index (Phi) is 4.09. The van der Waals surface area contributed by atoms with Gasteiger partial charge >= 0.3 is 0 Å². The van der Waals surface area contributed by atoms with Crippen LogP contribution in [0.15, 0.2) is 12.1 Å². The highest BCUT2D eigenvalue weighted by Gasteiger charge is 1.99. The van der Waals surface area contributed by atoms with Gasteiger partial charge in [-0.2, -0.15) is 12.6 Å². The lowest BCUT2D eigenvalue weighted by Gasteiger charge is -2.04. The molecule has 0 aromatic carbocycles. The summed E-state index contributed by atoms with van der Waals surface area (Å²) in [7, 11) is 1.64. The maximum absolute atomic E-state index is 5.09. The number of ether oxygens (including phenoxy) is 1. The molecule has 0 aliphatic rings. The van der Waals surface area contributed by atoms with E-state index in [0.717, 1.165) is 24.3 Å². The molecule has 1 heterocycles. The second-order valence-corrected chi connectivity index (χ2v) is 3.43. The number of aromatic nitrogens is 1. The van der Waals surface area contributed by atoms with Crippen LogP contribution < -0.4 is 4.74 Å². The highest BCUT2D eigenvalue weighted by molar-refractivity contribution is 7.80. The van der Waals surface area contributed by atoms with Crippen molar-refractivity contribution in [1.29, 1.82) is 0 Å². The number of nitrogens with zero attached hydrogens (tertiary/aromatic N) is 1. The van der Waals surface area contributed by atoms with E-state index in [1.54, 1.807) is 7.11 Å². The van der Waals surface area contributed by atoms with Gasteiger partial charge in [-0.3, -0.25) is 0 Å². The summed E-state index contributed by atoms with van der Waals surface area (Å²) < 4.78 is 5.09. The molecule has 0 aliphatic carbocycles. The first-order chi connectivity index (χ1) is 6.26. The fourth-order valence-corrected chi connectivity index (χ4v) is 1.40. The Labute approximate surface area is 84.7 Å². The van der Waals surface area contributed by atoms with Gasteiger partial charge in [-0.15, -0.1) is 0 Å². The van der Waals surface area contributed by atoms with Gasteiger partial charge < -0.3 is 4.74 Å². The monoisotopic (exact) mass is 197 g/mol. The maximum atomic E-state index is 5.09. The van der Waals surface area contributed by atoms with E-state index in [1.807, 2.05) is 13.0 Å². The molecule has 2 nitrogen and oxygen atoms in total. The van der Waals surface area contributed by atoms with Crippen LogP contribution in [0.1, 0.15) is 17.7 Å². The number of methoxy groups -OCH3 is 1. The zero-order chi connectivity index (χ0) is 9.68. The Bertz CT molecular complexity index is 276. The van der Waals surface area contributed by atoms with Gasteiger partial charge in [0.2, 0.25) is 5.88 Å². The Morgan fingerprint density at radius 2 is 2.23 bits per heavy atom. The molecular weight excluding hydrogens is 182 g/mol. The predicted molar refractivity (Wildman–Crippen MR) is 57.7 cm³/mol. The van der Waals surface area contributed by atoms with Crippen molar-refractivity contribution in [2.45, 2.75) is 19.8 Å². The number of hydrogen-bond donors (Lipinski definition) is 1. The highest BCUT2D eigenvalue weighted by atomic mass is 32.1. The quantitative estimate of drug-likeness (QED) is 0.748. The Hall–Kier alpha value is -0.700. The minimum absolute atomic E-state index is 0.703. The highest BCUT2D eigenvalue weighted by Crippen LogP contribution is 2.13. The van der Waals surface area contributed by atoms with E-state index in [0.29, 0.717) is 5.88 Å². The summed E-state index contributed by atoms with van der Waals surface area (Å²) in [5, 5.41) is 0. The molecule has 1 rings (SSSR count). The smallest absolute Gasteiger partial charge is 0.213 e. The summed E-state index contributed by atoms with van der Waals surface area (Å²) in [4.78, 5) is 4.22. The van der Waals surface area contributed by atoms with Gasteiger partial charge in [0.1, 0.15) is 0 Å². The Morgan fingerprint density at radius 3 is 2.85 bits per heavy atom. The first kappa shape index (κ1) is 10.4. The molecule has 0 amide bonds. The predicted octanol–water partition coefficient (Wildman–Crippen LogP) is 2.26. The number of hydrogen-bond acceptors (Lipinski definition) is 3. The molecule has 0 aliphatic heterocycles. The van der Waals surface area contributed by atoms with Crippen molar-refractivity contribution in [2.75, 3.05) is 12.9 Å². The number of aryl methyl sites for hydroxylation is 2. The zero-order valence-electron chi connectivity index (χ0n) is 8.08. The van der Waals surface area contributed by atoms with Crippen LogP contribution in [-0.2, 0) is 6.42 Å². The van der Waals surface area contributed by atoms with E-state index in [9.17, 15) is 0 Å². The fraction of sp³-hybridized carbons (Fsp3) is 0.500. The van der Waals surface area contributed by atoms with Crippen LogP contribution in [0.5, 0.6) is 5.88 Å². The van der Waals surface area contributed by atoms with E-state index in [4.69, 9.17) is 4.74 Å². The standard InChI is InChI=1S/C10H15NOS/c1-8-6-9(4-3-5-13)7-10(11-8)12-2/h6-7,13H,3-5H2,1-2H3. The molecular formula is C10H15NOS. The lowest BCUT2D eigenvalue weighted by Crippen LogP contribution is -1.94. The molecule has 0 radical (unpaired) electrons. The van der Waals surface area contributed by atoms with Gasteiger partial charge in [0.05, 0.1) is 7.11 Å². The Balaban J connectivity index is 2.76. The molecule has 0 saturated carbocycles. The van der Waals surface area contributed by atoms with Gasteiger partial charge in [-0.1, -0.05) is 0 Å². The van der Waals surface area contributed by atoms with Crippen LogP contribution in [0.4, 0.5) is 0 Å². The lowest BCUT2D eigenvalue weighted by atomic mass is 10.1. The van der Waals surface area contributed by atoms with E-state index < -0.39 is 0 Å². The van der Waals surface area contributed by atoms with Crippen molar-refractivity contribution in [1.82, 2.24) is 4.98 Å². The summed E-state index contributed by atoms with van der Waals surface area (Å²) >= 11 is 4.18. The van der Waals surface area contributed by atoms with Crippen LogP contribution in [0, 0.1) is 6.92 Å². The van der Waals surface area contributed by atoms with Gasteiger partial charge in [-0.05, 0) is 37.1 Å². The van der Waals surface area contributed by atoms with Crippen molar-refractivity contribution in [3.8, 4) is 5.88 Å². The van der Waals surface area contributed by atoms with Crippen LogP contribution >= 0.6 is 12.6 Å². The first-order valence-electron chi connectivity index (χ1n) is 4.38. The second-order valence-electron chi connectivity index (χ2n) is 2.99. The molecule has 0 N–H and O–H groups in total. The molecule has 0 fully saturated rings. The molecule has 0 saturated heterocycles. The molecule has 72 valence electrons. The minimum Gasteiger partial charge on any atom is -0.481 e. The Morgan fingerprint density at radius 1 is 1.46 bits per heavy atom. The third-order valence-corrected chi connectivity index (χ3v) is 2.14. The van der Waals surface area contributed by atoms with Crippen LogP contribution in [0.3, 0.4) is 0 Å². The molecule has 13 heavy (non-hydrogen) atoms. The summed E-state index contributed by atoms with van der Waals surface area (Å²) in [6.07, 6.45) is 2.14. The van der Waals surface area contributed by atoms with Crippen molar-refractivity contribution in [3.63, 3.8) is 0 Å². The molecule has 0 bridgehead atoms. The van der Waals surface area contributed by atoms with E-state index in [2.05, 4.69) is 23.7 Å². The third-order valence-electron chi connectivity index (χ3n) is 1.82. The number of thiol groups is 1. The average molecular weight is 197 g/mol. The number of rotatable bonds is 4. The molecule has 0 spiro atoms. The summed E-state index contributed by atoms with van der Waals surface area (Å²) in [6, 6.07) is 4.07.